The average molecular weight is 481 g/mol. The lowest BCUT2D eigenvalue weighted by Gasteiger charge is -2.07. The molecule has 0 saturated carbocycles. The second-order valence-electron chi connectivity index (χ2n) is 6.80. The minimum absolute atomic E-state index is 0.135. The van der Waals surface area contributed by atoms with Crippen LogP contribution >= 0.6 is 15.9 Å². The van der Waals surface area contributed by atoms with Crippen LogP contribution in [0.2, 0.25) is 0 Å². The van der Waals surface area contributed by atoms with Crippen LogP contribution < -0.4 is 14.9 Å². The van der Waals surface area contributed by atoms with Crippen molar-refractivity contribution < 1.29 is 19.1 Å². The highest BCUT2D eigenvalue weighted by Gasteiger charge is 2.08. The predicted molar refractivity (Wildman–Crippen MR) is 123 cm³/mol. The molecule has 0 radical (unpaired) electrons. The number of carbonyl (C=O) groups is 2. The largest absolute Gasteiger partial charge is 0.484 e. The summed E-state index contributed by atoms with van der Waals surface area (Å²) in [5.74, 6) is 0.232. The van der Waals surface area contributed by atoms with Crippen LogP contribution in [0.25, 0.3) is 0 Å². The zero-order chi connectivity index (χ0) is 22.2. The first-order chi connectivity index (χ1) is 14.9. The number of benzene rings is 3. The molecule has 3 aromatic rings. The molecule has 0 aliphatic heterocycles. The SMILES string of the molecule is Cc1ccc(OCC(=O)N/N=C/c2ccc(OC(=O)c3cccc(Br)c3)cc2)cc1C. The summed E-state index contributed by atoms with van der Waals surface area (Å²) in [5, 5.41) is 3.92. The van der Waals surface area contributed by atoms with E-state index in [0.29, 0.717) is 17.1 Å². The normalized spacial score (nSPS) is 10.7. The van der Waals surface area contributed by atoms with Crippen LogP contribution in [-0.2, 0) is 4.79 Å². The number of carbonyl (C=O) groups excluding carboxylic acids is 2. The minimum atomic E-state index is -0.446. The molecule has 31 heavy (non-hydrogen) atoms. The number of aryl methyl sites for hydroxylation is 2. The Bertz CT molecular complexity index is 1110. The van der Waals surface area contributed by atoms with Crippen LogP contribution in [0.3, 0.4) is 0 Å². The number of rotatable bonds is 7. The molecule has 0 fully saturated rings. The van der Waals surface area contributed by atoms with Crippen molar-refractivity contribution in [1.82, 2.24) is 5.43 Å². The molecule has 7 heteroatoms. The summed E-state index contributed by atoms with van der Waals surface area (Å²) in [6.45, 7) is 3.86. The number of ether oxygens (including phenoxy) is 2. The first-order valence-electron chi connectivity index (χ1n) is 9.50. The lowest BCUT2D eigenvalue weighted by atomic mass is 10.1. The van der Waals surface area contributed by atoms with Gasteiger partial charge in [-0.3, -0.25) is 4.79 Å². The monoisotopic (exact) mass is 480 g/mol. The van der Waals surface area contributed by atoms with E-state index in [1.807, 2.05) is 38.1 Å². The molecule has 0 aliphatic carbocycles. The van der Waals surface area contributed by atoms with Crippen LogP contribution in [0, 0.1) is 13.8 Å². The number of esters is 1. The summed E-state index contributed by atoms with van der Waals surface area (Å²) >= 11 is 3.33. The molecule has 6 nitrogen and oxygen atoms in total. The van der Waals surface area contributed by atoms with E-state index in [1.54, 1.807) is 42.5 Å². The van der Waals surface area contributed by atoms with Gasteiger partial charge in [-0.05, 0) is 85.1 Å². The lowest BCUT2D eigenvalue weighted by molar-refractivity contribution is -0.123. The Labute approximate surface area is 189 Å². The van der Waals surface area contributed by atoms with Crippen molar-refractivity contribution in [2.75, 3.05) is 6.61 Å². The van der Waals surface area contributed by atoms with Crippen molar-refractivity contribution in [1.29, 1.82) is 0 Å². The second-order valence-corrected chi connectivity index (χ2v) is 7.71. The zero-order valence-corrected chi connectivity index (χ0v) is 18.7. The van der Waals surface area contributed by atoms with Crippen molar-refractivity contribution in [3.05, 3.63) is 93.5 Å². The van der Waals surface area contributed by atoms with Gasteiger partial charge in [-0.1, -0.05) is 28.1 Å². The smallest absolute Gasteiger partial charge is 0.343 e. The van der Waals surface area contributed by atoms with Crippen molar-refractivity contribution in [2.24, 2.45) is 5.10 Å². The molecule has 0 saturated heterocycles. The van der Waals surface area contributed by atoms with Gasteiger partial charge in [0, 0.05) is 4.47 Å². The first-order valence-corrected chi connectivity index (χ1v) is 10.3. The number of amides is 1. The Morgan fingerprint density at radius 3 is 2.42 bits per heavy atom. The van der Waals surface area contributed by atoms with Gasteiger partial charge in [-0.2, -0.15) is 5.10 Å². The first kappa shape index (κ1) is 22.2. The highest BCUT2D eigenvalue weighted by Crippen LogP contribution is 2.17. The molecule has 158 valence electrons. The molecule has 0 bridgehead atoms. The van der Waals surface area contributed by atoms with E-state index in [0.717, 1.165) is 21.2 Å². The maximum atomic E-state index is 12.2. The summed E-state index contributed by atoms with van der Waals surface area (Å²) in [6.07, 6.45) is 1.49. The van der Waals surface area contributed by atoms with E-state index in [1.165, 1.54) is 6.21 Å². The Morgan fingerprint density at radius 1 is 0.968 bits per heavy atom. The summed E-state index contributed by atoms with van der Waals surface area (Å²) in [5.41, 5.74) is 5.86. The van der Waals surface area contributed by atoms with Crippen molar-refractivity contribution in [3.8, 4) is 11.5 Å². The number of hydrazone groups is 1. The standard InChI is InChI=1S/C24H21BrN2O4/c1-16-6-9-22(12-17(16)2)30-15-23(28)27-26-14-18-7-10-21(11-8-18)31-24(29)19-4-3-5-20(25)13-19/h3-14H,15H2,1-2H3,(H,27,28)/b26-14+. The summed E-state index contributed by atoms with van der Waals surface area (Å²) in [6, 6.07) is 19.4. The van der Waals surface area contributed by atoms with Gasteiger partial charge in [0.2, 0.25) is 0 Å². The number of nitrogens with zero attached hydrogens (tertiary/aromatic N) is 1. The quantitative estimate of drug-likeness (QED) is 0.227. The van der Waals surface area contributed by atoms with Crippen molar-refractivity contribution in [3.63, 3.8) is 0 Å². The Morgan fingerprint density at radius 2 is 1.71 bits per heavy atom. The van der Waals surface area contributed by atoms with E-state index in [2.05, 4.69) is 26.5 Å². The average Bonchev–Trinajstić information content (AvgIpc) is 2.76. The molecule has 0 spiro atoms. The fraction of sp³-hybridized carbons (Fsp3) is 0.125. The number of hydrogen-bond donors (Lipinski definition) is 1. The molecule has 0 heterocycles. The van der Waals surface area contributed by atoms with Gasteiger partial charge in [0.1, 0.15) is 11.5 Å². The molecular weight excluding hydrogens is 460 g/mol. The topological polar surface area (TPSA) is 77.0 Å². The third-order valence-electron chi connectivity index (χ3n) is 4.40. The maximum absolute atomic E-state index is 12.2. The van der Waals surface area contributed by atoms with Crippen LogP contribution in [0.4, 0.5) is 0 Å². The fourth-order valence-electron chi connectivity index (χ4n) is 2.57. The molecule has 1 N–H and O–H groups in total. The molecule has 0 atom stereocenters. The van der Waals surface area contributed by atoms with Gasteiger partial charge >= 0.3 is 5.97 Å². The van der Waals surface area contributed by atoms with Crippen LogP contribution in [0.1, 0.15) is 27.0 Å². The zero-order valence-electron chi connectivity index (χ0n) is 17.1. The third-order valence-corrected chi connectivity index (χ3v) is 4.90. The number of halogens is 1. The maximum Gasteiger partial charge on any atom is 0.343 e. The Hall–Kier alpha value is -3.45. The van der Waals surface area contributed by atoms with E-state index in [9.17, 15) is 9.59 Å². The van der Waals surface area contributed by atoms with Gasteiger partial charge in [-0.25, -0.2) is 10.2 Å². The number of nitrogens with one attached hydrogen (secondary N) is 1. The molecule has 0 aliphatic rings. The van der Waals surface area contributed by atoms with Crippen molar-refractivity contribution >= 4 is 34.0 Å². The summed E-state index contributed by atoms with van der Waals surface area (Å²) < 4.78 is 11.6. The van der Waals surface area contributed by atoms with E-state index >= 15 is 0 Å². The van der Waals surface area contributed by atoms with Gasteiger partial charge in [-0.15, -0.1) is 0 Å². The highest BCUT2D eigenvalue weighted by molar-refractivity contribution is 9.10. The van der Waals surface area contributed by atoms with Crippen LogP contribution in [0.15, 0.2) is 76.3 Å². The van der Waals surface area contributed by atoms with E-state index < -0.39 is 5.97 Å². The summed E-state index contributed by atoms with van der Waals surface area (Å²) in [7, 11) is 0. The van der Waals surface area contributed by atoms with E-state index in [4.69, 9.17) is 9.47 Å². The molecule has 0 aromatic heterocycles. The van der Waals surface area contributed by atoms with Gasteiger partial charge in [0.15, 0.2) is 6.61 Å². The predicted octanol–water partition coefficient (Wildman–Crippen LogP) is 4.81. The minimum Gasteiger partial charge on any atom is -0.484 e. The fourth-order valence-corrected chi connectivity index (χ4v) is 2.97. The van der Waals surface area contributed by atoms with Gasteiger partial charge < -0.3 is 9.47 Å². The third kappa shape index (κ3) is 6.79. The number of hydrogen-bond acceptors (Lipinski definition) is 5. The van der Waals surface area contributed by atoms with Crippen LogP contribution in [0.5, 0.6) is 11.5 Å². The van der Waals surface area contributed by atoms with E-state index in [-0.39, 0.29) is 12.5 Å². The lowest BCUT2D eigenvalue weighted by Crippen LogP contribution is -2.24. The molecule has 3 rings (SSSR count). The molecule has 3 aromatic carbocycles. The van der Waals surface area contributed by atoms with Gasteiger partial charge in [0.05, 0.1) is 11.8 Å². The summed E-state index contributed by atoms with van der Waals surface area (Å²) in [4.78, 5) is 24.1. The van der Waals surface area contributed by atoms with Crippen LogP contribution in [-0.4, -0.2) is 24.7 Å². The Kier molecular flexibility index (Phi) is 7.56. The highest BCUT2D eigenvalue weighted by atomic mass is 79.9. The molecule has 0 unspecified atom stereocenters. The molecule has 1 amide bonds. The van der Waals surface area contributed by atoms with Gasteiger partial charge in [0.25, 0.3) is 5.91 Å². The Balaban J connectivity index is 1.47. The molecular formula is C24H21BrN2O4. The van der Waals surface area contributed by atoms with Crippen molar-refractivity contribution in [2.45, 2.75) is 13.8 Å². The second kappa shape index (κ2) is 10.5.